The van der Waals surface area contributed by atoms with Gasteiger partial charge in [0.25, 0.3) is 0 Å². The van der Waals surface area contributed by atoms with Crippen molar-refractivity contribution in [1.29, 1.82) is 0 Å². The first-order valence-electron chi connectivity index (χ1n) is 9.75. The van der Waals surface area contributed by atoms with Crippen molar-refractivity contribution in [1.82, 2.24) is 9.88 Å². The molecule has 2 heterocycles. The molecule has 11 heteroatoms. The normalized spacial score (nSPS) is 15.7. The van der Waals surface area contributed by atoms with Crippen LogP contribution in [-0.4, -0.2) is 35.9 Å². The van der Waals surface area contributed by atoms with Crippen molar-refractivity contribution in [3.63, 3.8) is 0 Å². The molecule has 4 nitrogen and oxygen atoms in total. The summed E-state index contributed by atoms with van der Waals surface area (Å²) in [5.41, 5.74) is -1.11. The van der Waals surface area contributed by atoms with Gasteiger partial charge in [0.05, 0.1) is 16.1 Å². The molecule has 1 fully saturated rings. The Bertz CT molecular complexity index is 953. The Morgan fingerprint density at radius 1 is 1.06 bits per heavy atom. The summed E-state index contributed by atoms with van der Waals surface area (Å²) < 4.78 is 76.4. The number of hydrogen-bond donors (Lipinski definition) is 0. The van der Waals surface area contributed by atoms with Gasteiger partial charge in [-0.2, -0.15) is 26.3 Å². The summed E-state index contributed by atoms with van der Waals surface area (Å²) in [4.78, 5) is 19.8. The van der Waals surface area contributed by atoms with Crippen LogP contribution in [0.5, 0.6) is 0 Å². The zero-order chi connectivity index (χ0) is 23.7. The number of hydrogen-bond acceptors (Lipinski definition) is 3. The van der Waals surface area contributed by atoms with E-state index in [1.807, 2.05) is 0 Å². The van der Waals surface area contributed by atoms with Crippen LogP contribution in [0.15, 0.2) is 36.5 Å². The highest BCUT2D eigenvalue weighted by molar-refractivity contribution is 6.33. The second-order valence-electron chi connectivity index (χ2n) is 7.68. The molecule has 0 saturated carbocycles. The van der Waals surface area contributed by atoms with Gasteiger partial charge in [-0.3, -0.25) is 4.79 Å². The van der Waals surface area contributed by atoms with Gasteiger partial charge in [-0.05, 0) is 36.6 Å². The van der Waals surface area contributed by atoms with E-state index in [-0.39, 0.29) is 29.2 Å². The fourth-order valence-corrected chi connectivity index (χ4v) is 3.91. The lowest BCUT2D eigenvalue weighted by molar-refractivity contribution is -0.138. The average molecular weight is 480 g/mol. The smallest absolute Gasteiger partial charge is 0.355 e. The predicted molar refractivity (Wildman–Crippen MR) is 107 cm³/mol. The second kappa shape index (κ2) is 9.17. The Kier molecular flexibility index (Phi) is 6.92. The van der Waals surface area contributed by atoms with Crippen LogP contribution < -0.4 is 4.90 Å². The molecule has 0 unspecified atom stereocenters. The van der Waals surface area contributed by atoms with Crippen LogP contribution in [0.1, 0.15) is 29.5 Å². The SMILES string of the molecule is CN(Cc1ccc(C(F)(F)F)cc1)C(=O)C1CCN(c2ncc(C(F)(F)F)cc2Cl)CC1. The Labute approximate surface area is 185 Å². The van der Waals surface area contributed by atoms with E-state index >= 15 is 0 Å². The summed E-state index contributed by atoms with van der Waals surface area (Å²) in [6.07, 6.45) is -7.31. The number of carbonyl (C=O) groups excluding carboxylic acids is 1. The topological polar surface area (TPSA) is 36.4 Å². The molecule has 2 aromatic rings. The third kappa shape index (κ3) is 5.65. The van der Waals surface area contributed by atoms with Crippen LogP contribution in [0, 0.1) is 5.92 Å². The van der Waals surface area contributed by atoms with Gasteiger partial charge >= 0.3 is 12.4 Å². The Morgan fingerprint density at radius 3 is 2.12 bits per heavy atom. The quantitative estimate of drug-likeness (QED) is 0.532. The van der Waals surface area contributed by atoms with Crippen LogP contribution in [0.2, 0.25) is 5.02 Å². The van der Waals surface area contributed by atoms with Gasteiger partial charge in [0.15, 0.2) is 0 Å². The van der Waals surface area contributed by atoms with Crippen LogP contribution in [0.4, 0.5) is 32.2 Å². The summed E-state index contributed by atoms with van der Waals surface area (Å²) in [6.45, 7) is 0.953. The number of piperidine rings is 1. The molecular formula is C21H20ClF6N3O. The molecule has 0 bridgehead atoms. The van der Waals surface area contributed by atoms with E-state index in [0.717, 1.165) is 24.4 Å². The Morgan fingerprint density at radius 2 is 1.62 bits per heavy atom. The molecule has 32 heavy (non-hydrogen) atoms. The number of halogens is 7. The maximum Gasteiger partial charge on any atom is 0.417 e. The first kappa shape index (κ1) is 24.2. The molecule has 0 radical (unpaired) electrons. The fraction of sp³-hybridized carbons (Fsp3) is 0.429. The molecule has 0 atom stereocenters. The van der Waals surface area contributed by atoms with Crippen molar-refractivity contribution in [3.05, 3.63) is 58.2 Å². The zero-order valence-electron chi connectivity index (χ0n) is 17.0. The molecule has 1 aromatic carbocycles. The molecule has 0 spiro atoms. The number of nitrogens with zero attached hydrogens (tertiary/aromatic N) is 3. The number of anilines is 1. The first-order valence-corrected chi connectivity index (χ1v) is 10.1. The van der Waals surface area contributed by atoms with Crippen molar-refractivity contribution in [2.75, 3.05) is 25.0 Å². The highest BCUT2D eigenvalue weighted by Crippen LogP contribution is 2.35. The molecule has 174 valence electrons. The van der Waals surface area contributed by atoms with Crippen LogP contribution >= 0.6 is 11.6 Å². The van der Waals surface area contributed by atoms with Crippen LogP contribution in [0.3, 0.4) is 0 Å². The van der Waals surface area contributed by atoms with Crippen molar-refractivity contribution in [2.45, 2.75) is 31.7 Å². The van der Waals surface area contributed by atoms with Crippen molar-refractivity contribution in [2.24, 2.45) is 5.92 Å². The highest BCUT2D eigenvalue weighted by Gasteiger charge is 2.33. The number of rotatable bonds is 4. The Balaban J connectivity index is 1.57. The van der Waals surface area contributed by atoms with Crippen molar-refractivity contribution < 1.29 is 31.1 Å². The van der Waals surface area contributed by atoms with E-state index in [0.29, 0.717) is 31.5 Å². The standard InChI is InChI=1S/C21H20ClF6N3O/c1-30(12-13-2-4-15(5-3-13)20(23,24)25)19(32)14-6-8-31(9-7-14)18-17(22)10-16(11-29-18)21(26,27)28/h2-5,10-11,14H,6-9,12H2,1H3. The summed E-state index contributed by atoms with van der Waals surface area (Å²) >= 11 is 6.00. The molecule has 0 aliphatic carbocycles. The summed E-state index contributed by atoms with van der Waals surface area (Å²) in [6, 6.07) is 5.47. The second-order valence-corrected chi connectivity index (χ2v) is 8.08. The molecule has 1 aliphatic rings. The molecule has 1 aromatic heterocycles. The summed E-state index contributed by atoms with van der Waals surface area (Å²) in [5, 5.41) is -0.107. The maximum atomic E-state index is 12.8. The maximum absolute atomic E-state index is 12.8. The van der Waals surface area contributed by atoms with Gasteiger partial charge in [-0.1, -0.05) is 23.7 Å². The fourth-order valence-electron chi connectivity index (χ4n) is 3.62. The van der Waals surface area contributed by atoms with E-state index in [4.69, 9.17) is 11.6 Å². The van der Waals surface area contributed by atoms with Gasteiger partial charge in [0, 0.05) is 38.8 Å². The number of pyridine rings is 1. The molecule has 1 aliphatic heterocycles. The zero-order valence-corrected chi connectivity index (χ0v) is 17.7. The molecule has 1 amide bonds. The third-order valence-corrected chi connectivity index (χ3v) is 5.65. The lowest BCUT2D eigenvalue weighted by atomic mass is 9.95. The number of aromatic nitrogens is 1. The number of benzene rings is 1. The molecule has 0 N–H and O–H groups in total. The van der Waals surface area contributed by atoms with E-state index in [9.17, 15) is 31.1 Å². The lowest BCUT2D eigenvalue weighted by Gasteiger charge is -2.34. The molecule has 3 rings (SSSR count). The molecule has 1 saturated heterocycles. The minimum Gasteiger partial charge on any atom is -0.355 e. The minimum atomic E-state index is -4.54. The summed E-state index contributed by atoms with van der Waals surface area (Å²) in [5.74, 6) is -0.210. The van der Waals surface area contributed by atoms with Crippen LogP contribution in [0.25, 0.3) is 0 Å². The monoisotopic (exact) mass is 479 g/mol. The van der Waals surface area contributed by atoms with Crippen molar-refractivity contribution >= 4 is 23.3 Å². The van der Waals surface area contributed by atoms with Gasteiger partial charge in [-0.25, -0.2) is 4.98 Å². The van der Waals surface area contributed by atoms with Crippen LogP contribution in [-0.2, 0) is 23.7 Å². The van der Waals surface area contributed by atoms with Gasteiger partial charge in [0.2, 0.25) is 5.91 Å². The van der Waals surface area contributed by atoms with E-state index in [1.54, 1.807) is 11.9 Å². The number of amides is 1. The van der Waals surface area contributed by atoms with E-state index in [2.05, 4.69) is 4.98 Å². The third-order valence-electron chi connectivity index (χ3n) is 5.37. The first-order chi connectivity index (χ1) is 14.9. The van der Waals surface area contributed by atoms with E-state index in [1.165, 1.54) is 17.0 Å². The number of alkyl halides is 6. The lowest BCUT2D eigenvalue weighted by Crippen LogP contribution is -2.41. The van der Waals surface area contributed by atoms with Crippen molar-refractivity contribution in [3.8, 4) is 0 Å². The van der Waals surface area contributed by atoms with Gasteiger partial charge < -0.3 is 9.80 Å². The number of carbonyl (C=O) groups is 1. The predicted octanol–water partition coefficient (Wildman–Crippen LogP) is 5.65. The largest absolute Gasteiger partial charge is 0.417 e. The van der Waals surface area contributed by atoms with E-state index < -0.39 is 23.5 Å². The average Bonchev–Trinajstić information content (AvgIpc) is 2.72. The van der Waals surface area contributed by atoms with Gasteiger partial charge in [0.1, 0.15) is 5.82 Å². The highest BCUT2D eigenvalue weighted by atomic mass is 35.5. The van der Waals surface area contributed by atoms with Gasteiger partial charge in [-0.15, -0.1) is 0 Å². The minimum absolute atomic E-state index is 0.107. The Hall–Kier alpha value is -2.49. The summed E-state index contributed by atoms with van der Waals surface area (Å²) in [7, 11) is 1.58. The molecular weight excluding hydrogens is 460 g/mol.